The molecule has 3 nitrogen and oxygen atoms in total. The first-order chi connectivity index (χ1) is 7.06. The zero-order chi connectivity index (χ0) is 11.3. The van der Waals surface area contributed by atoms with Gasteiger partial charge >= 0.3 is 0 Å². The summed E-state index contributed by atoms with van der Waals surface area (Å²) in [5.74, 6) is 0. The van der Waals surface area contributed by atoms with Crippen LogP contribution >= 0.6 is 0 Å². The van der Waals surface area contributed by atoms with E-state index in [4.69, 9.17) is 0 Å². The largest absolute Gasteiger partial charge is 0.240 e. The Morgan fingerprint density at radius 2 is 1.87 bits per heavy atom. The van der Waals surface area contributed by atoms with E-state index >= 15 is 0 Å². The fourth-order valence-electron chi connectivity index (χ4n) is 1.08. The lowest BCUT2D eigenvalue weighted by Gasteiger charge is -2.04. The van der Waals surface area contributed by atoms with Crippen LogP contribution in [-0.2, 0) is 10.0 Å². The molecule has 1 aromatic rings. The molecule has 0 aromatic heterocycles. The van der Waals surface area contributed by atoms with Gasteiger partial charge < -0.3 is 0 Å². The molecule has 0 aliphatic carbocycles. The lowest BCUT2D eigenvalue weighted by molar-refractivity contribution is 0.585. The van der Waals surface area contributed by atoms with Crippen molar-refractivity contribution in [2.24, 2.45) is 0 Å². The molecule has 0 saturated heterocycles. The van der Waals surface area contributed by atoms with Crippen LogP contribution in [0, 0.1) is 6.92 Å². The summed E-state index contributed by atoms with van der Waals surface area (Å²) < 4.78 is 25.8. The predicted molar refractivity (Wildman–Crippen MR) is 61.2 cm³/mol. The maximum Gasteiger partial charge on any atom is 0.240 e. The van der Waals surface area contributed by atoms with Gasteiger partial charge in [0.05, 0.1) is 4.90 Å². The molecule has 0 heterocycles. The first kappa shape index (κ1) is 11.9. The Balaban J connectivity index is 2.82. The number of aryl methyl sites for hydroxylation is 1. The van der Waals surface area contributed by atoms with Crippen molar-refractivity contribution in [1.82, 2.24) is 4.72 Å². The molecule has 4 heteroatoms. The van der Waals surface area contributed by atoms with Crippen molar-refractivity contribution in [2.45, 2.75) is 18.7 Å². The third-order valence-corrected chi connectivity index (χ3v) is 3.40. The van der Waals surface area contributed by atoms with Crippen LogP contribution in [-0.4, -0.2) is 15.0 Å². The molecule has 0 radical (unpaired) electrons. The monoisotopic (exact) mass is 225 g/mol. The summed E-state index contributed by atoms with van der Waals surface area (Å²) in [4.78, 5) is 0.303. The third kappa shape index (κ3) is 3.49. The van der Waals surface area contributed by atoms with E-state index in [0.29, 0.717) is 11.4 Å². The smallest absolute Gasteiger partial charge is 0.207 e. The number of rotatable bonds is 4. The van der Waals surface area contributed by atoms with Crippen LogP contribution in [0.4, 0.5) is 0 Å². The molecule has 0 atom stereocenters. The molecule has 0 bridgehead atoms. The Morgan fingerprint density at radius 3 is 2.40 bits per heavy atom. The Labute approximate surface area is 90.9 Å². The quantitative estimate of drug-likeness (QED) is 0.795. The summed E-state index contributed by atoms with van der Waals surface area (Å²) in [6, 6.07) is 6.77. The van der Waals surface area contributed by atoms with Crippen LogP contribution in [0.1, 0.15) is 12.5 Å². The fourth-order valence-corrected chi connectivity index (χ4v) is 2.05. The molecule has 15 heavy (non-hydrogen) atoms. The van der Waals surface area contributed by atoms with Crippen LogP contribution in [0.15, 0.2) is 41.3 Å². The second-order valence-electron chi connectivity index (χ2n) is 3.23. The highest BCUT2D eigenvalue weighted by atomic mass is 32.2. The van der Waals surface area contributed by atoms with Crippen molar-refractivity contribution in [3.63, 3.8) is 0 Å². The lowest BCUT2D eigenvalue weighted by Crippen LogP contribution is -2.23. The van der Waals surface area contributed by atoms with Gasteiger partial charge in [0, 0.05) is 6.54 Å². The predicted octanol–water partition coefficient (Wildman–Crippen LogP) is 1.85. The van der Waals surface area contributed by atoms with E-state index in [0.717, 1.165) is 5.56 Å². The number of sulfonamides is 1. The maximum atomic E-state index is 11.7. The van der Waals surface area contributed by atoms with Gasteiger partial charge in [0.1, 0.15) is 0 Å². The summed E-state index contributed by atoms with van der Waals surface area (Å²) >= 11 is 0. The number of hydrogen-bond donors (Lipinski definition) is 1. The molecule has 0 saturated carbocycles. The summed E-state index contributed by atoms with van der Waals surface area (Å²) in [5, 5.41) is 0. The minimum atomic E-state index is -3.35. The second kappa shape index (κ2) is 5.09. The van der Waals surface area contributed by atoms with E-state index in [1.165, 1.54) is 0 Å². The van der Waals surface area contributed by atoms with Gasteiger partial charge in [0.25, 0.3) is 0 Å². The first-order valence-corrected chi connectivity index (χ1v) is 6.22. The molecule has 1 aromatic carbocycles. The molecular weight excluding hydrogens is 210 g/mol. The van der Waals surface area contributed by atoms with E-state index in [1.54, 1.807) is 36.4 Å². The van der Waals surface area contributed by atoms with Crippen molar-refractivity contribution < 1.29 is 8.42 Å². The maximum absolute atomic E-state index is 11.7. The summed E-state index contributed by atoms with van der Waals surface area (Å²) in [6.45, 7) is 4.09. The minimum Gasteiger partial charge on any atom is -0.207 e. The summed E-state index contributed by atoms with van der Waals surface area (Å²) in [5.41, 5.74) is 1.04. The van der Waals surface area contributed by atoms with Gasteiger partial charge in [-0.1, -0.05) is 29.8 Å². The number of hydrogen-bond acceptors (Lipinski definition) is 2. The molecule has 0 fully saturated rings. The van der Waals surface area contributed by atoms with Crippen molar-refractivity contribution in [1.29, 1.82) is 0 Å². The average molecular weight is 225 g/mol. The van der Waals surface area contributed by atoms with Gasteiger partial charge in [-0.15, -0.1) is 0 Å². The highest BCUT2D eigenvalue weighted by Gasteiger charge is 2.11. The highest BCUT2D eigenvalue weighted by molar-refractivity contribution is 7.89. The Hall–Kier alpha value is -1.13. The van der Waals surface area contributed by atoms with Crippen LogP contribution in [0.3, 0.4) is 0 Å². The molecule has 1 rings (SSSR count). The topological polar surface area (TPSA) is 46.2 Å². The number of benzene rings is 1. The lowest BCUT2D eigenvalue weighted by atomic mass is 10.2. The Morgan fingerprint density at radius 1 is 1.27 bits per heavy atom. The third-order valence-electron chi connectivity index (χ3n) is 1.96. The molecule has 0 spiro atoms. The van der Waals surface area contributed by atoms with E-state index in [9.17, 15) is 8.42 Å². The van der Waals surface area contributed by atoms with E-state index < -0.39 is 10.0 Å². The molecular formula is C11H15NO2S. The van der Waals surface area contributed by atoms with Crippen molar-refractivity contribution in [3.05, 3.63) is 42.0 Å². The van der Waals surface area contributed by atoms with Crippen LogP contribution < -0.4 is 4.72 Å². The Bertz CT molecular complexity index is 432. The van der Waals surface area contributed by atoms with Gasteiger partial charge in [-0.25, -0.2) is 13.1 Å². The first-order valence-electron chi connectivity index (χ1n) is 4.74. The SMILES string of the molecule is C/C=C/CNS(=O)(=O)c1ccc(C)cc1. The second-order valence-corrected chi connectivity index (χ2v) is 5.00. The zero-order valence-electron chi connectivity index (χ0n) is 8.90. The van der Waals surface area contributed by atoms with E-state index in [2.05, 4.69) is 4.72 Å². The van der Waals surface area contributed by atoms with Gasteiger partial charge in [-0.3, -0.25) is 0 Å². The molecule has 1 N–H and O–H groups in total. The summed E-state index contributed by atoms with van der Waals surface area (Å²) in [6.07, 6.45) is 3.56. The van der Waals surface area contributed by atoms with Crippen LogP contribution in [0.5, 0.6) is 0 Å². The molecule has 0 aliphatic heterocycles. The van der Waals surface area contributed by atoms with Crippen molar-refractivity contribution in [3.8, 4) is 0 Å². The summed E-state index contributed by atoms with van der Waals surface area (Å²) in [7, 11) is -3.35. The zero-order valence-corrected chi connectivity index (χ0v) is 9.71. The number of nitrogens with one attached hydrogen (secondary N) is 1. The van der Waals surface area contributed by atoms with Gasteiger partial charge in [0.15, 0.2) is 0 Å². The van der Waals surface area contributed by atoms with Crippen LogP contribution in [0.25, 0.3) is 0 Å². The molecule has 0 aliphatic rings. The van der Waals surface area contributed by atoms with Crippen molar-refractivity contribution in [2.75, 3.05) is 6.54 Å². The van der Waals surface area contributed by atoms with Gasteiger partial charge in [0.2, 0.25) is 10.0 Å². The molecule has 82 valence electrons. The van der Waals surface area contributed by atoms with Gasteiger partial charge in [-0.2, -0.15) is 0 Å². The standard InChI is InChI=1S/C11H15NO2S/c1-3-4-9-12-15(13,14)11-7-5-10(2)6-8-11/h3-8,12H,9H2,1-2H3/b4-3+. The average Bonchev–Trinajstić information content (AvgIpc) is 2.18. The van der Waals surface area contributed by atoms with Crippen molar-refractivity contribution >= 4 is 10.0 Å². The minimum absolute atomic E-state index is 0.303. The van der Waals surface area contributed by atoms with E-state index in [1.807, 2.05) is 13.8 Å². The normalized spacial score (nSPS) is 12.1. The van der Waals surface area contributed by atoms with Crippen LogP contribution in [0.2, 0.25) is 0 Å². The highest BCUT2D eigenvalue weighted by Crippen LogP contribution is 2.09. The van der Waals surface area contributed by atoms with E-state index in [-0.39, 0.29) is 0 Å². The number of allylic oxidation sites excluding steroid dienone is 1. The van der Waals surface area contributed by atoms with Gasteiger partial charge in [-0.05, 0) is 26.0 Å². The Kier molecular flexibility index (Phi) is 4.05. The molecule has 0 amide bonds. The fraction of sp³-hybridized carbons (Fsp3) is 0.273. The molecule has 0 unspecified atom stereocenters.